The van der Waals surface area contributed by atoms with E-state index in [-0.39, 0.29) is 17.2 Å². The molecule has 2 rings (SSSR count). The first-order valence-electron chi connectivity index (χ1n) is 5.98. The maximum absolute atomic E-state index is 13.3. The molecule has 0 bridgehead atoms. The third kappa shape index (κ3) is 3.56. The maximum Gasteiger partial charge on any atom is 0.311 e. The average Bonchev–Trinajstić information content (AvgIpc) is 2.38. The van der Waals surface area contributed by atoms with Gasteiger partial charge < -0.3 is 9.84 Å². The summed E-state index contributed by atoms with van der Waals surface area (Å²) in [5, 5.41) is 20.7. The number of hydrogen-bond donors (Lipinski definition) is 1. The molecule has 5 nitrogen and oxygen atoms in total. The molecule has 0 amide bonds. The van der Waals surface area contributed by atoms with Crippen molar-refractivity contribution in [2.75, 3.05) is 0 Å². The molecule has 0 radical (unpaired) electrons. The highest BCUT2D eigenvalue weighted by atomic mass is 79.9. The van der Waals surface area contributed by atoms with E-state index in [1.807, 2.05) is 0 Å². The van der Waals surface area contributed by atoms with Crippen molar-refractivity contribution in [2.45, 2.75) is 13.0 Å². The molecule has 2 aromatic carbocycles. The lowest BCUT2D eigenvalue weighted by molar-refractivity contribution is -0.385. The molecular weight excluding hydrogens is 345 g/mol. The molecule has 0 saturated heterocycles. The van der Waals surface area contributed by atoms with Crippen LogP contribution in [0.2, 0.25) is 0 Å². The van der Waals surface area contributed by atoms with Gasteiger partial charge in [0, 0.05) is 22.2 Å². The summed E-state index contributed by atoms with van der Waals surface area (Å²) >= 11 is 3.25. The minimum absolute atomic E-state index is 0.216. The molecule has 1 atom stereocenters. The van der Waals surface area contributed by atoms with Gasteiger partial charge >= 0.3 is 5.69 Å². The van der Waals surface area contributed by atoms with Gasteiger partial charge in [-0.25, -0.2) is 4.39 Å². The smallest absolute Gasteiger partial charge is 0.311 e. The predicted octanol–water partition coefficient (Wildman–Crippen LogP) is 4.34. The number of aliphatic hydroxyl groups is 1. The van der Waals surface area contributed by atoms with Crippen LogP contribution in [0.3, 0.4) is 0 Å². The number of ether oxygens (including phenoxy) is 1. The summed E-state index contributed by atoms with van der Waals surface area (Å²) in [5.41, 5.74) is 0.0877. The summed E-state index contributed by atoms with van der Waals surface area (Å²) in [6, 6.07) is 7.83. The van der Waals surface area contributed by atoms with E-state index in [2.05, 4.69) is 15.9 Å². The van der Waals surface area contributed by atoms with E-state index < -0.39 is 16.8 Å². The Hall–Kier alpha value is -1.99. The van der Waals surface area contributed by atoms with Crippen molar-refractivity contribution in [2.24, 2.45) is 0 Å². The van der Waals surface area contributed by atoms with Crippen LogP contribution in [0.4, 0.5) is 10.1 Å². The topological polar surface area (TPSA) is 72.6 Å². The second-order valence-electron chi connectivity index (χ2n) is 4.33. The van der Waals surface area contributed by atoms with E-state index in [4.69, 9.17) is 4.74 Å². The van der Waals surface area contributed by atoms with E-state index in [9.17, 15) is 19.6 Å². The quantitative estimate of drug-likeness (QED) is 0.653. The van der Waals surface area contributed by atoms with E-state index in [0.29, 0.717) is 10.0 Å². The van der Waals surface area contributed by atoms with Crippen molar-refractivity contribution >= 4 is 21.6 Å². The molecule has 0 spiro atoms. The molecule has 7 heteroatoms. The van der Waals surface area contributed by atoms with Crippen LogP contribution in [0.25, 0.3) is 0 Å². The van der Waals surface area contributed by atoms with E-state index >= 15 is 0 Å². The monoisotopic (exact) mass is 355 g/mol. The summed E-state index contributed by atoms with van der Waals surface area (Å²) < 4.78 is 19.4. The van der Waals surface area contributed by atoms with Gasteiger partial charge in [-0.3, -0.25) is 10.1 Å². The summed E-state index contributed by atoms with van der Waals surface area (Å²) in [7, 11) is 0. The fourth-order valence-electron chi connectivity index (χ4n) is 1.78. The molecule has 0 fully saturated rings. The Kier molecular flexibility index (Phi) is 4.54. The highest BCUT2D eigenvalue weighted by Crippen LogP contribution is 2.36. The summed E-state index contributed by atoms with van der Waals surface area (Å²) in [6.45, 7) is 1.54. The fourth-order valence-corrected chi connectivity index (χ4v) is 2.12. The third-order valence-corrected chi connectivity index (χ3v) is 3.26. The molecular formula is C14H11BrFNO4. The van der Waals surface area contributed by atoms with Gasteiger partial charge in [-0.05, 0) is 25.1 Å². The number of halogens is 2. The van der Waals surface area contributed by atoms with Crippen LogP contribution in [0.15, 0.2) is 40.9 Å². The van der Waals surface area contributed by atoms with Crippen LogP contribution >= 0.6 is 15.9 Å². The molecule has 0 aliphatic rings. The summed E-state index contributed by atoms with van der Waals surface area (Å²) in [4.78, 5) is 10.3. The SMILES string of the molecule is CC(O)c1ccc(Br)cc1Oc1cc(F)ccc1[N+](=O)[O-]. The number of rotatable bonds is 4. The third-order valence-electron chi connectivity index (χ3n) is 2.76. The zero-order valence-electron chi connectivity index (χ0n) is 10.9. The van der Waals surface area contributed by atoms with Crippen LogP contribution in [0.1, 0.15) is 18.6 Å². The molecule has 0 aromatic heterocycles. The first-order chi connectivity index (χ1) is 9.88. The molecule has 0 heterocycles. The van der Waals surface area contributed by atoms with Gasteiger partial charge in [0.2, 0.25) is 5.75 Å². The molecule has 21 heavy (non-hydrogen) atoms. The molecule has 1 N–H and O–H groups in total. The van der Waals surface area contributed by atoms with Crippen molar-refractivity contribution in [3.63, 3.8) is 0 Å². The van der Waals surface area contributed by atoms with Gasteiger partial charge in [0.1, 0.15) is 11.6 Å². The van der Waals surface area contributed by atoms with Crippen molar-refractivity contribution in [1.29, 1.82) is 0 Å². The van der Waals surface area contributed by atoms with Crippen LogP contribution in [-0.4, -0.2) is 10.0 Å². The molecule has 0 aliphatic heterocycles. The van der Waals surface area contributed by atoms with Crippen LogP contribution in [0.5, 0.6) is 11.5 Å². The van der Waals surface area contributed by atoms with Gasteiger partial charge in [0.05, 0.1) is 11.0 Å². The minimum Gasteiger partial charge on any atom is -0.450 e. The van der Waals surface area contributed by atoms with E-state index in [1.54, 1.807) is 18.2 Å². The lowest BCUT2D eigenvalue weighted by atomic mass is 10.1. The Morgan fingerprint density at radius 1 is 1.29 bits per heavy atom. The molecule has 1 unspecified atom stereocenters. The molecule has 2 aromatic rings. The van der Waals surface area contributed by atoms with E-state index in [0.717, 1.165) is 18.2 Å². The second kappa shape index (κ2) is 6.19. The Balaban J connectivity index is 2.49. The van der Waals surface area contributed by atoms with Gasteiger partial charge in [-0.2, -0.15) is 0 Å². The first kappa shape index (κ1) is 15.4. The highest BCUT2D eigenvalue weighted by molar-refractivity contribution is 9.10. The van der Waals surface area contributed by atoms with Gasteiger partial charge in [0.25, 0.3) is 0 Å². The van der Waals surface area contributed by atoms with Crippen LogP contribution < -0.4 is 4.74 Å². The number of hydrogen-bond acceptors (Lipinski definition) is 4. The van der Waals surface area contributed by atoms with Crippen LogP contribution in [-0.2, 0) is 0 Å². The van der Waals surface area contributed by atoms with Crippen molar-refractivity contribution < 1.29 is 19.2 Å². The largest absolute Gasteiger partial charge is 0.450 e. The van der Waals surface area contributed by atoms with Crippen molar-refractivity contribution in [3.8, 4) is 11.5 Å². The average molecular weight is 356 g/mol. The Morgan fingerprint density at radius 3 is 2.62 bits per heavy atom. The highest BCUT2D eigenvalue weighted by Gasteiger charge is 2.19. The van der Waals surface area contributed by atoms with Crippen molar-refractivity contribution in [3.05, 3.63) is 62.4 Å². The lowest BCUT2D eigenvalue weighted by Crippen LogP contribution is -1.99. The number of aliphatic hydroxyl groups excluding tert-OH is 1. The standard InChI is InChI=1S/C14H11BrFNO4/c1-8(18)11-4-2-9(15)6-13(11)21-14-7-10(16)3-5-12(14)17(19)20/h2-8,18H,1H3. The number of nitro groups is 1. The van der Waals surface area contributed by atoms with Crippen LogP contribution in [0, 0.1) is 15.9 Å². The number of nitro benzene ring substituents is 1. The normalized spacial score (nSPS) is 12.0. The molecule has 0 aliphatic carbocycles. The Bertz CT molecular complexity index is 691. The van der Waals surface area contributed by atoms with E-state index in [1.165, 1.54) is 6.92 Å². The van der Waals surface area contributed by atoms with Gasteiger partial charge in [0.15, 0.2) is 0 Å². The molecule has 0 saturated carbocycles. The number of nitrogens with zero attached hydrogens (tertiary/aromatic N) is 1. The number of benzene rings is 2. The zero-order chi connectivity index (χ0) is 15.6. The first-order valence-corrected chi connectivity index (χ1v) is 6.77. The van der Waals surface area contributed by atoms with Gasteiger partial charge in [-0.1, -0.05) is 22.0 Å². The maximum atomic E-state index is 13.3. The summed E-state index contributed by atoms with van der Waals surface area (Å²) in [5.74, 6) is -0.655. The van der Waals surface area contributed by atoms with Gasteiger partial charge in [-0.15, -0.1) is 0 Å². The molecule has 110 valence electrons. The lowest BCUT2D eigenvalue weighted by Gasteiger charge is -2.13. The van der Waals surface area contributed by atoms with Crippen molar-refractivity contribution in [1.82, 2.24) is 0 Å². The predicted molar refractivity (Wildman–Crippen MR) is 77.9 cm³/mol. The fraction of sp³-hybridized carbons (Fsp3) is 0.143. The second-order valence-corrected chi connectivity index (χ2v) is 5.25. The minimum atomic E-state index is -0.833. The Labute approximate surface area is 128 Å². The summed E-state index contributed by atoms with van der Waals surface area (Å²) in [6.07, 6.45) is -0.833. The zero-order valence-corrected chi connectivity index (χ0v) is 12.5. The Morgan fingerprint density at radius 2 is 2.00 bits per heavy atom.